The molecule has 0 aliphatic carbocycles. The van der Waals surface area contributed by atoms with Crippen molar-refractivity contribution >= 4 is 11.8 Å². The normalized spacial score (nSPS) is 12.4. The Balaban J connectivity index is 1.95. The average Bonchev–Trinajstić information content (AvgIpc) is 2.45. The number of benzene rings is 2. The number of hydrogen-bond acceptors (Lipinski definition) is 2. The molecule has 0 aliphatic rings. The maximum absolute atomic E-state index is 10.2. The van der Waals surface area contributed by atoms with Gasteiger partial charge >= 0.3 is 0 Å². The summed E-state index contributed by atoms with van der Waals surface area (Å²) >= 11 is 1.70. The molecule has 0 bridgehead atoms. The van der Waals surface area contributed by atoms with Crippen molar-refractivity contribution in [3.63, 3.8) is 0 Å². The van der Waals surface area contributed by atoms with Crippen LogP contribution in [-0.2, 0) is 6.42 Å². The molecule has 0 aliphatic heterocycles. The minimum absolute atomic E-state index is 0.406. The standard InChI is InChI=1S/C17H20OS/c1-3-14-7-9-15(10-8-14)17(18)12-19-16-6-4-5-13(2)11-16/h4-11,17-18H,3,12H2,1-2H3. The van der Waals surface area contributed by atoms with Gasteiger partial charge in [-0.1, -0.05) is 48.9 Å². The smallest absolute Gasteiger partial charge is 0.0883 e. The molecule has 1 nitrogen and oxygen atoms in total. The zero-order valence-corrected chi connectivity index (χ0v) is 12.3. The average molecular weight is 272 g/mol. The number of hydrogen-bond donors (Lipinski definition) is 1. The van der Waals surface area contributed by atoms with Gasteiger partial charge in [0, 0.05) is 10.6 Å². The third kappa shape index (κ3) is 4.12. The lowest BCUT2D eigenvalue weighted by Crippen LogP contribution is -2.00. The first-order chi connectivity index (χ1) is 9.19. The predicted molar refractivity (Wildman–Crippen MR) is 82.7 cm³/mol. The summed E-state index contributed by atoms with van der Waals surface area (Å²) < 4.78 is 0. The zero-order chi connectivity index (χ0) is 13.7. The van der Waals surface area contributed by atoms with Gasteiger partial charge in [0.1, 0.15) is 0 Å². The van der Waals surface area contributed by atoms with E-state index in [1.807, 2.05) is 12.1 Å². The van der Waals surface area contributed by atoms with Crippen molar-refractivity contribution in [2.24, 2.45) is 0 Å². The van der Waals surface area contributed by atoms with E-state index in [1.165, 1.54) is 16.0 Å². The first-order valence-corrected chi connectivity index (χ1v) is 7.64. The van der Waals surface area contributed by atoms with Gasteiger partial charge in [-0.2, -0.15) is 0 Å². The summed E-state index contributed by atoms with van der Waals surface area (Å²) in [4.78, 5) is 1.21. The summed E-state index contributed by atoms with van der Waals surface area (Å²) in [5, 5.41) is 10.2. The molecule has 0 fully saturated rings. The van der Waals surface area contributed by atoms with E-state index >= 15 is 0 Å². The SMILES string of the molecule is CCc1ccc(C(O)CSc2cccc(C)c2)cc1. The predicted octanol–water partition coefficient (Wildman–Crippen LogP) is 4.38. The Kier molecular flexibility index (Phi) is 5.06. The van der Waals surface area contributed by atoms with Crippen molar-refractivity contribution in [2.75, 3.05) is 5.75 Å². The van der Waals surface area contributed by atoms with Gasteiger partial charge in [-0.25, -0.2) is 0 Å². The third-order valence-corrected chi connectivity index (χ3v) is 4.24. The Morgan fingerprint density at radius 2 is 1.84 bits per heavy atom. The third-order valence-electron chi connectivity index (χ3n) is 3.17. The van der Waals surface area contributed by atoms with E-state index in [1.54, 1.807) is 11.8 Å². The van der Waals surface area contributed by atoms with Crippen molar-refractivity contribution < 1.29 is 5.11 Å². The minimum Gasteiger partial charge on any atom is -0.388 e. The maximum Gasteiger partial charge on any atom is 0.0883 e. The zero-order valence-electron chi connectivity index (χ0n) is 11.5. The van der Waals surface area contributed by atoms with Crippen LogP contribution < -0.4 is 0 Å². The van der Waals surface area contributed by atoms with E-state index in [2.05, 4.69) is 50.2 Å². The molecule has 0 aromatic heterocycles. The van der Waals surface area contributed by atoms with Gasteiger partial charge in [-0.3, -0.25) is 0 Å². The van der Waals surface area contributed by atoms with Crippen molar-refractivity contribution in [3.8, 4) is 0 Å². The highest BCUT2D eigenvalue weighted by atomic mass is 32.2. The lowest BCUT2D eigenvalue weighted by atomic mass is 10.1. The fourth-order valence-corrected chi connectivity index (χ4v) is 2.94. The number of rotatable bonds is 5. The molecule has 0 radical (unpaired) electrons. The van der Waals surface area contributed by atoms with Crippen LogP contribution >= 0.6 is 11.8 Å². The Hall–Kier alpha value is -1.25. The Morgan fingerprint density at radius 1 is 1.11 bits per heavy atom. The molecule has 0 amide bonds. The highest BCUT2D eigenvalue weighted by molar-refractivity contribution is 7.99. The van der Waals surface area contributed by atoms with Gasteiger partial charge in [0.15, 0.2) is 0 Å². The molecule has 19 heavy (non-hydrogen) atoms. The van der Waals surface area contributed by atoms with E-state index in [4.69, 9.17) is 0 Å². The fourth-order valence-electron chi connectivity index (χ4n) is 1.95. The second kappa shape index (κ2) is 6.78. The van der Waals surface area contributed by atoms with Crippen LogP contribution in [0.4, 0.5) is 0 Å². The lowest BCUT2D eigenvalue weighted by Gasteiger charge is -2.11. The maximum atomic E-state index is 10.2. The topological polar surface area (TPSA) is 20.2 Å². The first-order valence-electron chi connectivity index (χ1n) is 6.65. The molecule has 2 aromatic carbocycles. The fraction of sp³-hybridized carbons (Fsp3) is 0.294. The number of thioether (sulfide) groups is 1. The van der Waals surface area contributed by atoms with E-state index in [0.29, 0.717) is 5.75 Å². The molecular weight excluding hydrogens is 252 g/mol. The van der Waals surface area contributed by atoms with Crippen LogP contribution in [0.25, 0.3) is 0 Å². The molecule has 0 heterocycles. The van der Waals surface area contributed by atoms with Gasteiger partial charge in [0.2, 0.25) is 0 Å². The van der Waals surface area contributed by atoms with Crippen molar-refractivity contribution in [1.29, 1.82) is 0 Å². The van der Waals surface area contributed by atoms with Crippen LogP contribution in [0.5, 0.6) is 0 Å². The van der Waals surface area contributed by atoms with Crippen LogP contribution in [0.3, 0.4) is 0 Å². The van der Waals surface area contributed by atoms with Gasteiger partial charge in [-0.15, -0.1) is 11.8 Å². The van der Waals surface area contributed by atoms with Crippen LogP contribution in [0, 0.1) is 6.92 Å². The van der Waals surface area contributed by atoms with Gasteiger partial charge in [0.05, 0.1) is 6.10 Å². The number of aliphatic hydroxyl groups excluding tert-OH is 1. The first kappa shape index (κ1) is 14.2. The highest BCUT2D eigenvalue weighted by Crippen LogP contribution is 2.25. The largest absolute Gasteiger partial charge is 0.388 e. The summed E-state index contributed by atoms with van der Waals surface area (Å²) in [5.41, 5.74) is 3.56. The second-order valence-corrected chi connectivity index (χ2v) is 5.83. The molecule has 0 saturated heterocycles. The summed E-state index contributed by atoms with van der Waals surface area (Å²) in [6, 6.07) is 16.6. The van der Waals surface area contributed by atoms with E-state index in [0.717, 1.165) is 12.0 Å². The van der Waals surface area contributed by atoms with Crippen LogP contribution in [0.15, 0.2) is 53.4 Å². The van der Waals surface area contributed by atoms with Gasteiger partial charge in [0.25, 0.3) is 0 Å². The Morgan fingerprint density at radius 3 is 2.47 bits per heavy atom. The second-order valence-electron chi connectivity index (χ2n) is 4.74. The lowest BCUT2D eigenvalue weighted by molar-refractivity contribution is 0.204. The van der Waals surface area contributed by atoms with Crippen molar-refractivity contribution in [1.82, 2.24) is 0 Å². The van der Waals surface area contributed by atoms with Crippen LogP contribution in [0.2, 0.25) is 0 Å². The number of aryl methyl sites for hydroxylation is 2. The van der Waals surface area contributed by atoms with E-state index in [-0.39, 0.29) is 0 Å². The molecule has 2 aromatic rings. The Labute approximate surface area is 119 Å². The molecular formula is C17H20OS. The van der Waals surface area contributed by atoms with Gasteiger partial charge < -0.3 is 5.11 Å². The molecule has 1 N–H and O–H groups in total. The minimum atomic E-state index is -0.406. The molecule has 2 rings (SSSR count). The molecule has 2 heteroatoms. The van der Waals surface area contributed by atoms with Crippen molar-refractivity contribution in [2.45, 2.75) is 31.3 Å². The van der Waals surface area contributed by atoms with Crippen LogP contribution in [0.1, 0.15) is 29.7 Å². The molecule has 1 atom stereocenters. The molecule has 100 valence electrons. The van der Waals surface area contributed by atoms with E-state index in [9.17, 15) is 5.11 Å². The molecule has 0 saturated carbocycles. The van der Waals surface area contributed by atoms with Crippen molar-refractivity contribution in [3.05, 3.63) is 65.2 Å². The summed E-state index contributed by atoms with van der Waals surface area (Å²) in [6.45, 7) is 4.23. The summed E-state index contributed by atoms with van der Waals surface area (Å²) in [5.74, 6) is 0.689. The molecule has 0 spiro atoms. The summed E-state index contributed by atoms with van der Waals surface area (Å²) in [6.07, 6.45) is 0.630. The quantitative estimate of drug-likeness (QED) is 0.815. The van der Waals surface area contributed by atoms with E-state index < -0.39 is 6.10 Å². The van der Waals surface area contributed by atoms with Gasteiger partial charge in [-0.05, 0) is 36.6 Å². The van der Waals surface area contributed by atoms with Crippen LogP contribution in [-0.4, -0.2) is 10.9 Å². The monoisotopic (exact) mass is 272 g/mol. The summed E-state index contributed by atoms with van der Waals surface area (Å²) in [7, 11) is 0. The molecule has 1 unspecified atom stereocenters. The number of aliphatic hydroxyl groups is 1. The Bertz CT molecular complexity index is 519. The highest BCUT2D eigenvalue weighted by Gasteiger charge is 2.08.